The van der Waals surface area contributed by atoms with Gasteiger partial charge in [0.2, 0.25) is 5.78 Å². The molecule has 0 bridgehead atoms. The van der Waals surface area contributed by atoms with Crippen molar-refractivity contribution in [1.29, 1.82) is 0 Å². The Balaban J connectivity index is 2.47. The van der Waals surface area contributed by atoms with Crippen LogP contribution in [0.2, 0.25) is 0 Å². The van der Waals surface area contributed by atoms with Crippen LogP contribution in [-0.2, 0) is 0 Å². The van der Waals surface area contributed by atoms with Gasteiger partial charge in [-0.25, -0.2) is 9.78 Å². The molecule has 0 radical (unpaired) electrons. The third-order valence-electron chi connectivity index (χ3n) is 2.22. The molecule has 5 heteroatoms. The molecule has 0 amide bonds. The molecule has 2 rings (SSSR count). The van der Waals surface area contributed by atoms with Crippen molar-refractivity contribution < 1.29 is 14.7 Å². The summed E-state index contributed by atoms with van der Waals surface area (Å²) in [6.07, 6.45) is 1.60. The van der Waals surface area contributed by atoms with Crippen molar-refractivity contribution in [3.8, 4) is 0 Å². The quantitative estimate of drug-likeness (QED) is 0.845. The van der Waals surface area contributed by atoms with Crippen LogP contribution < -0.4 is 0 Å². The topological polar surface area (TPSA) is 67.3 Å². The lowest BCUT2D eigenvalue weighted by molar-refractivity contribution is 0.0693. The number of carbonyl (C=O) groups is 2. The van der Waals surface area contributed by atoms with Crippen LogP contribution in [-0.4, -0.2) is 21.8 Å². The first-order valence-corrected chi connectivity index (χ1v) is 5.70. The number of aromatic nitrogens is 1. The normalized spacial score (nSPS) is 10.2. The highest BCUT2D eigenvalue weighted by molar-refractivity contribution is 7.13. The first-order chi connectivity index (χ1) is 8.09. The van der Waals surface area contributed by atoms with Crippen LogP contribution in [0.1, 0.15) is 30.6 Å². The molecule has 86 valence electrons. The maximum Gasteiger partial charge on any atom is 0.336 e. The minimum atomic E-state index is -1.11. The van der Waals surface area contributed by atoms with E-state index >= 15 is 0 Å². The van der Waals surface area contributed by atoms with Gasteiger partial charge in [0.1, 0.15) is 0 Å². The number of benzene rings is 1. The molecule has 1 aromatic heterocycles. The van der Waals surface area contributed by atoms with E-state index in [4.69, 9.17) is 5.11 Å². The standard InChI is InChI=1S/C12H9NO3S/c1-7-6-13-11(17-7)10(14)8-4-2-3-5-9(8)12(15)16/h2-6H,1H3,(H,15,16). The van der Waals surface area contributed by atoms with Crippen molar-refractivity contribution in [3.63, 3.8) is 0 Å². The highest BCUT2D eigenvalue weighted by Crippen LogP contribution is 2.18. The molecule has 1 heterocycles. The fourth-order valence-corrected chi connectivity index (χ4v) is 2.16. The van der Waals surface area contributed by atoms with E-state index < -0.39 is 5.97 Å². The van der Waals surface area contributed by atoms with Crippen molar-refractivity contribution in [1.82, 2.24) is 4.98 Å². The van der Waals surface area contributed by atoms with Crippen molar-refractivity contribution in [2.45, 2.75) is 6.92 Å². The number of hydrogen-bond acceptors (Lipinski definition) is 4. The van der Waals surface area contributed by atoms with Gasteiger partial charge in [0, 0.05) is 16.6 Å². The zero-order valence-corrected chi connectivity index (χ0v) is 9.82. The molecule has 0 fully saturated rings. The number of carboxylic acids is 1. The predicted octanol–water partition coefficient (Wildman–Crippen LogP) is 2.38. The van der Waals surface area contributed by atoms with Crippen LogP contribution >= 0.6 is 11.3 Å². The molecule has 0 spiro atoms. The Bertz CT molecular complexity index is 589. The molecule has 17 heavy (non-hydrogen) atoms. The minimum absolute atomic E-state index is 0.00496. The number of thiazole rings is 1. The largest absolute Gasteiger partial charge is 0.478 e. The molecule has 0 saturated carbocycles. The highest BCUT2D eigenvalue weighted by atomic mass is 32.1. The maximum absolute atomic E-state index is 12.1. The van der Waals surface area contributed by atoms with Gasteiger partial charge in [-0.1, -0.05) is 18.2 Å². The summed E-state index contributed by atoms with van der Waals surface area (Å²) < 4.78 is 0. The van der Waals surface area contributed by atoms with E-state index in [2.05, 4.69) is 4.98 Å². The number of carbonyl (C=O) groups excluding carboxylic acids is 1. The molecule has 0 unspecified atom stereocenters. The molecule has 0 saturated heterocycles. The third kappa shape index (κ3) is 2.24. The summed E-state index contributed by atoms with van der Waals surface area (Å²) in [5.74, 6) is -1.46. The van der Waals surface area contributed by atoms with Gasteiger partial charge in [-0.2, -0.15) is 0 Å². The molecule has 4 nitrogen and oxygen atoms in total. The van der Waals surface area contributed by atoms with E-state index in [0.717, 1.165) is 4.88 Å². The van der Waals surface area contributed by atoms with Crippen molar-refractivity contribution in [2.75, 3.05) is 0 Å². The smallest absolute Gasteiger partial charge is 0.336 e. The Morgan fingerprint density at radius 3 is 2.41 bits per heavy atom. The summed E-state index contributed by atoms with van der Waals surface area (Å²) in [4.78, 5) is 27.9. The van der Waals surface area contributed by atoms with Gasteiger partial charge >= 0.3 is 5.97 Å². The lowest BCUT2D eigenvalue weighted by atomic mass is 10.0. The van der Waals surface area contributed by atoms with E-state index in [1.54, 1.807) is 18.3 Å². The molecule has 0 aliphatic carbocycles. The molecule has 0 aliphatic heterocycles. The number of nitrogens with zero attached hydrogens (tertiary/aromatic N) is 1. The Kier molecular flexibility index (Phi) is 3.01. The average Bonchev–Trinajstić information content (AvgIpc) is 2.75. The molecule has 1 aromatic carbocycles. The number of aryl methyl sites for hydroxylation is 1. The summed E-state index contributed by atoms with van der Waals surface area (Å²) >= 11 is 1.26. The second-order valence-corrected chi connectivity index (χ2v) is 4.69. The van der Waals surface area contributed by atoms with E-state index in [1.165, 1.54) is 23.5 Å². The summed E-state index contributed by atoms with van der Waals surface area (Å²) in [7, 11) is 0. The highest BCUT2D eigenvalue weighted by Gasteiger charge is 2.19. The zero-order chi connectivity index (χ0) is 12.4. The Hall–Kier alpha value is -2.01. The number of aromatic carboxylic acids is 1. The predicted molar refractivity (Wildman–Crippen MR) is 63.7 cm³/mol. The number of ketones is 1. The Morgan fingerprint density at radius 2 is 1.88 bits per heavy atom. The molecule has 2 aromatic rings. The lowest BCUT2D eigenvalue weighted by Crippen LogP contribution is -2.09. The second-order valence-electron chi connectivity index (χ2n) is 3.46. The first kappa shape index (κ1) is 11.5. The van der Waals surface area contributed by atoms with Gasteiger partial charge in [0.25, 0.3) is 0 Å². The van der Waals surface area contributed by atoms with Crippen LogP contribution in [0, 0.1) is 6.92 Å². The summed E-state index contributed by atoms with van der Waals surface area (Å²) in [6.45, 7) is 1.84. The van der Waals surface area contributed by atoms with Crippen LogP contribution in [0.3, 0.4) is 0 Å². The van der Waals surface area contributed by atoms with E-state index in [0.29, 0.717) is 5.01 Å². The van der Waals surface area contributed by atoms with Crippen LogP contribution in [0.5, 0.6) is 0 Å². The number of carboxylic acid groups (broad SMARTS) is 1. The van der Waals surface area contributed by atoms with Gasteiger partial charge in [-0.15, -0.1) is 11.3 Å². The van der Waals surface area contributed by atoms with Gasteiger partial charge in [-0.05, 0) is 13.0 Å². The molecule has 0 aliphatic rings. The van der Waals surface area contributed by atoms with Crippen molar-refractivity contribution in [3.05, 3.63) is 51.5 Å². The van der Waals surface area contributed by atoms with Crippen molar-refractivity contribution >= 4 is 23.1 Å². The molecular weight excluding hydrogens is 238 g/mol. The summed E-state index contributed by atoms with van der Waals surface area (Å²) in [6, 6.07) is 6.14. The van der Waals surface area contributed by atoms with Crippen molar-refractivity contribution in [2.24, 2.45) is 0 Å². The van der Waals surface area contributed by atoms with E-state index in [1.807, 2.05) is 6.92 Å². The Labute approximate surface area is 102 Å². The van der Waals surface area contributed by atoms with Gasteiger partial charge < -0.3 is 5.11 Å². The van der Waals surface area contributed by atoms with Gasteiger partial charge in [0.15, 0.2) is 5.01 Å². The number of rotatable bonds is 3. The van der Waals surface area contributed by atoms with Gasteiger partial charge in [-0.3, -0.25) is 4.79 Å². The molecular formula is C12H9NO3S. The van der Waals surface area contributed by atoms with E-state index in [9.17, 15) is 9.59 Å². The maximum atomic E-state index is 12.1. The minimum Gasteiger partial charge on any atom is -0.478 e. The van der Waals surface area contributed by atoms with Crippen LogP contribution in [0.4, 0.5) is 0 Å². The molecule has 1 N–H and O–H groups in total. The van der Waals surface area contributed by atoms with E-state index in [-0.39, 0.29) is 16.9 Å². The Morgan fingerprint density at radius 1 is 1.24 bits per heavy atom. The fourth-order valence-electron chi connectivity index (χ4n) is 1.44. The zero-order valence-electron chi connectivity index (χ0n) is 9.01. The first-order valence-electron chi connectivity index (χ1n) is 4.89. The van der Waals surface area contributed by atoms with Crippen LogP contribution in [0.15, 0.2) is 30.5 Å². The SMILES string of the molecule is Cc1cnc(C(=O)c2ccccc2C(=O)O)s1. The third-order valence-corrected chi connectivity index (χ3v) is 3.13. The average molecular weight is 247 g/mol. The van der Waals surface area contributed by atoms with Crippen LogP contribution in [0.25, 0.3) is 0 Å². The lowest BCUT2D eigenvalue weighted by Gasteiger charge is -2.01. The molecule has 0 atom stereocenters. The summed E-state index contributed by atoms with van der Waals surface area (Å²) in [5.41, 5.74) is 0.180. The number of hydrogen-bond donors (Lipinski definition) is 1. The monoisotopic (exact) mass is 247 g/mol. The second kappa shape index (κ2) is 4.47. The fraction of sp³-hybridized carbons (Fsp3) is 0.0833. The summed E-state index contributed by atoms with van der Waals surface area (Å²) in [5, 5.41) is 9.31. The van der Waals surface area contributed by atoms with Gasteiger partial charge in [0.05, 0.1) is 5.56 Å².